The van der Waals surface area contributed by atoms with Gasteiger partial charge in [0.1, 0.15) is 5.75 Å². The summed E-state index contributed by atoms with van der Waals surface area (Å²) < 4.78 is 6.52. The first-order valence-corrected chi connectivity index (χ1v) is 8.95. The fourth-order valence-corrected chi connectivity index (χ4v) is 3.42. The number of rotatable bonds is 6. The second-order valence-electron chi connectivity index (χ2n) is 5.64. The van der Waals surface area contributed by atoms with Crippen molar-refractivity contribution in [2.45, 2.75) is 19.3 Å². The zero-order valence-corrected chi connectivity index (χ0v) is 15.4. The lowest BCUT2D eigenvalue weighted by Gasteiger charge is -2.06. The Balaban J connectivity index is 2.07. The van der Waals surface area contributed by atoms with E-state index in [-0.39, 0.29) is 0 Å². The summed E-state index contributed by atoms with van der Waals surface area (Å²) in [5.41, 5.74) is 10.6. The molecular weight excluding hydrogens is 399 g/mol. The summed E-state index contributed by atoms with van der Waals surface area (Å²) in [4.78, 5) is 3.60. The topological polar surface area (TPSA) is 51.0 Å². The average Bonchev–Trinajstić information content (AvgIpc) is 2.93. The number of methoxy groups -OCH3 is 1. The van der Waals surface area contributed by atoms with Gasteiger partial charge in [0, 0.05) is 20.2 Å². The van der Waals surface area contributed by atoms with Crippen LogP contribution in [0.4, 0.5) is 0 Å². The summed E-state index contributed by atoms with van der Waals surface area (Å²) in [6.07, 6.45) is 3.20. The molecule has 0 aliphatic carbocycles. The number of nitrogens with one attached hydrogen (secondary N) is 1. The summed E-state index contributed by atoms with van der Waals surface area (Å²) in [5.74, 6) is 0.879. The van der Waals surface area contributed by atoms with E-state index in [2.05, 4.69) is 57.9 Å². The SMILES string of the molecule is COc1ccc(-c2[nH]c3ccc(I)cc3c2CCCCN)cc1. The Morgan fingerprint density at radius 1 is 1.09 bits per heavy atom. The van der Waals surface area contributed by atoms with Crippen molar-refractivity contribution in [3.63, 3.8) is 0 Å². The molecule has 0 atom stereocenters. The van der Waals surface area contributed by atoms with Gasteiger partial charge in [0.05, 0.1) is 7.11 Å². The van der Waals surface area contributed by atoms with Gasteiger partial charge in [0.25, 0.3) is 0 Å². The van der Waals surface area contributed by atoms with E-state index in [9.17, 15) is 0 Å². The molecule has 0 saturated carbocycles. The molecule has 0 amide bonds. The van der Waals surface area contributed by atoms with Crippen LogP contribution < -0.4 is 10.5 Å². The minimum Gasteiger partial charge on any atom is -0.497 e. The first-order valence-electron chi connectivity index (χ1n) is 7.87. The number of aromatic nitrogens is 1. The molecule has 1 aromatic heterocycles. The van der Waals surface area contributed by atoms with Crippen LogP contribution in [0.15, 0.2) is 42.5 Å². The number of nitrogens with two attached hydrogens (primary N) is 1. The van der Waals surface area contributed by atoms with E-state index in [1.807, 2.05) is 12.1 Å². The standard InChI is InChI=1S/C19H21IN2O/c1-23-15-8-5-13(6-9-15)19-16(4-2-3-11-21)17-12-14(20)7-10-18(17)22-19/h5-10,12,22H,2-4,11,21H2,1H3. The number of unbranched alkanes of at least 4 members (excludes halogenated alkanes) is 1. The number of benzene rings is 2. The highest BCUT2D eigenvalue weighted by Gasteiger charge is 2.13. The predicted octanol–water partition coefficient (Wildman–Crippen LogP) is 4.73. The molecule has 3 rings (SSSR count). The number of ether oxygens (including phenoxy) is 1. The number of aromatic amines is 1. The van der Waals surface area contributed by atoms with Gasteiger partial charge in [-0.1, -0.05) is 0 Å². The predicted molar refractivity (Wildman–Crippen MR) is 105 cm³/mol. The molecule has 3 aromatic rings. The van der Waals surface area contributed by atoms with Gasteiger partial charge in [-0.05, 0) is 102 Å². The zero-order valence-electron chi connectivity index (χ0n) is 13.2. The van der Waals surface area contributed by atoms with E-state index >= 15 is 0 Å². The summed E-state index contributed by atoms with van der Waals surface area (Å²) in [5, 5.41) is 1.32. The Kier molecular flexibility index (Phi) is 5.23. The van der Waals surface area contributed by atoms with Crippen LogP contribution in [-0.4, -0.2) is 18.6 Å². The molecule has 1 heterocycles. The van der Waals surface area contributed by atoms with Crippen molar-refractivity contribution >= 4 is 33.5 Å². The van der Waals surface area contributed by atoms with Gasteiger partial charge in [-0.3, -0.25) is 0 Å². The van der Waals surface area contributed by atoms with Gasteiger partial charge in [-0.15, -0.1) is 0 Å². The first-order chi connectivity index (χ1) is 11.2. The van der Waals surface area contributed by atoms with Crippen molar-refractivity contribution in [1.29, 1.82) is 0 Å². The molecule has 0 fully saturated rings. The lowest BCUT2D eigenvalue weighted by Crippen LogP contribution is -1.99. The number of hydrogen-bond acceptors (Lipinski definition) is 2. The third-order valence-electron chi connectivity index (χ3n) is 4.13. The molecule has 3 nitrogen and oxygen atoms in total. The van der Waals surface area contributed by atoms with Crippen LogP contribution in [0.5, 0.6) is 5.75 Å². The minimum absolute atomic E-state index is 0.748. The van der Waals surface area contributed by atoms with Gasteiger partial charge < -0.3 is 15.5 Å². The summed E-state index contributed by atoms with van der Waals surface area (Å²) in [6.45, 7) is 0.748. The van der Waals surface area contributed by atoms with Crippen LogP contribution in [0.3, 0.4) is 0 Å². The lowest BCUT2D eigenvalue weighted by atomic mass is 10.0. The molecule has 0 spiro atoms. The van der Waals surface area contributed by atoms with Gasteiger partial charge in [0.2, 0.25) is 0 Å². The van der Waals surface area contributed by atoms with E-state index in [4.69, 9.17) is 10.5 Å². The molecule has 0 aliphatic heterocycles. The van der Waals surface area contributed by atoms with E-state index in [0.717, 1.165) is 31.6 Å². The summed E-state index contributed by atoms with van der Waals surface area (Å²) in [6, 6.07) is 14.8. The van der Waals surface area contributed by atoms with Gasteiger partial charge in [-0.25, -0.2) is 0 Å². The Bertz CT molecular complexity index is 793. The van der Waals surface area contributed by atoms with Crippen LogP contribution >= 0.6 is 22.6 Å². The highest BCUT2D eigenvalue weighted by atomic mass is 127. The van der Waals surface area contributed by atoms with Gasteiger partial charge in [-0.2, -0.15) is 0 Å². The second-order valence-corrected chi connectivity index (χ2v) is 6.89. The van der Waals surface area contributed by atoms with Gasteiger partial charge >= 0.3 is 0 Å². The molecule has 0 radical (unpaired) electrons. The highest BCUT2D eigenvalue weighted by Crippen LogP contribution is 2.33. The summed E-state index contributed by atoms with van der Waals surface area (Å²) >= 11 is 2.37. The first kappa shape index (κ1) is 16.3. The lowest BCUT2D eigenvalue weighted by molar-refractivity contribution is 0.415. The van der Waals surface area contributed by atoms with Crippen LogP contribution in [0.2, 0.25) is 0 Å². The largest absolute Gasteiger partial charge is 0.497 e. The number of halogens is 1. The molecule has 23 heavy (non-hydrogen) atoms. The maximum Gasteiger partial charge on any atom is 0.118 e. The Hall–Kier alpha value is -1.53. The fourth-order valence-electron chi connectivity index (χ4n) is 2.93. The van der Waals surface area contributed by atoms with Crippen LogP contribution in [0, 0.1) is 3.57 Å². The quantitative estimate of drug-likeness (QED) is 0.448. The average molecular weight is 420 g/mol. The van der Waals surface area contributed by atoms with Crippen LogP contribution in [0.1, 0.15) is 18.4 Å². The third-order valence-corrected chi connectivity index (χ3v) is 4.80. The zero-order chi connectivity index (χ0) is 16.2. The molecule has 2 aromatic carbocycles. The molecule has 120 valence electrons. The molecule has 3 N–H and O–H groups in total. The second kappa shape index (κ2) is 7.36. The van der Waals surface area contributed by atoms with E-state index in [0.29, 0.717) is 0 Å². The number of fused-ring (bicyclic) bond motifs is 1. The number of aryl methyl sites for hydroxylation is 1. The maximum absolute atomic E-state index is 5.66. The van der Waals surface area contributed by atoms with E-state index in [1.54, 1.807) is 7.11 Å². The van der Waals surface area contributed by atoms with Crippen molar-refractivity contribution in [3.05, 3.63) is 51.6 Å². The minimum atomic E-state index is 0.748. The Labute approximate surface area is 150 Å². The molecule has 0 saturated heterocycles. The normalized spacial score (nSPS) is 11.1. The number of H-pyrrole nitrogens is 1. The Morgan fingerprint density at radius 3 is 2.57 bits per heavy atom. The Morgan fingerprint density at radius 2 is 1.87 bits per heavy atom. The van der Waals surface area contributed by atoms with Crippen molar-refractivity contribution in [2.75, 3.05) is 13.7 Å². The molecule has 0 bridgehead atoms. The molecule has 0 aliphatic rings. The van der Waals surface area contributed by atoms with Gasteiger partial charge in [0.15, 0.2) is 0 Å². The van der Waals surface area contributed by atoms with Crippen LogP contribution in [-0.2, 0) is 6.42 Å². The molecule has 4 heteroatoms. The highest BCUT2D eigenvalue weighted by molar-refractivity contribution is 14.1. The third kappa shape index (κ3) is 3.53. The van der Waals surface area contributed by atoms with Crippen LogP contribution in [0.25, 0.3) is 22.2 Å². The molecule has 0 unspecified atom stereocenters. The smallest absolute Gasteiger partial charge is 0.118 e. The van der Waals surface area contributed by atoms with Crippen molar-refractivity contribution in [1.82, 2.24) is 4.98 Å². The molecular formula is C19H21IN2O. The monoisotopic (exact) mass is 420 g/mol. The van der Waals surface area contributed by atoms with E-state index < -0.39 is 0 Å². The van der Waals surface area contributed by atoms with Crippen molar-refractivity contribution in [2.24, 2.45) is 5.73 Å². The summed E-state index contributed by atoms with van der Waals surface area (Å²) in [7, 11) is 1.69. The maximum atomic E-state index is 5.66. The van der Waals surface area contributed by atoms with Crippen molar-refractivity contribution < 1.29 is 4.74 Å². The van der Waals surface area contributed by atoms with Crippen molar-refractivity contribution in [3.8, 4) is 17.0 Å². The van der Waals surface area contributed by atoms with E-state index in [1.165, 1.54) is 31.3 Å². The fraction of sp³-hybridized carbons (Fsp3) is 0.263. The number of hydrogen-bond donors (Lipinski definition) is 2.